The highest BCUT2D eigenvalue weighted by atomic mass is 32.1. The van der Waals surface area contributed by atoms with Crippen molar-refractivity contribution in [2.24, 2.45) is 0 Å². The molecular weight excluding hydrogens is 274 g/mol. The van der Waals surface area contributed by atoms with E-state index in [1.807, 2.05) is 0 Å². The van der Waals surface area contributed by atoms with E-state index in [0.717, 1.165) is 16.5 Å². The molecule has 3 nitrogen and oxygen atoms in total. The van der Waals surface area contributed by atoms with Gasteiger partial charge in [-0.15, -0.1) is 22.7 Å². The lowest BCUT2D eigenvalue weighted by Gasteiger charge is -2.16. The fourth-order valence-corrected chi connectivity index (χ4v) is 4.16. The second kappa shape index (κ2) is 4.08. The molecule has 0 atom stereocenters. The van der Waals surface area contributed by atoms with Gasteiger partial charge in [0, 0.05) is 10.3 Å². The Labute approximate surface area is 120 Å². The van der Waals surface area contributed by atoms with E-state index in [1.165, 1.54) is 15.4 Å². The number of anilines is 1. The van der Waals surface area contributed by atoms with Crippen molar-refractivity contribution in [3.8, 4) is 10.6 Å². The maximum absolute atomic E-state index is 6.36. The van der Waals surface area contributed by atoms with E-state index in [1.54, 1.807) is 22.7 Å². The first-order chi connectivity index (χ1) is 8.89. The number of aromatic nitrogens is 2. The summed E-state index contributed by atoms with van der Waals surface area (Å²) in [6.07, 6.45) is 0. The monoisotopic (exact) mass is 291 g/mol. The van der Waals surface area contributed by atoms with E-state index in [2.05, 4.69) is 49.6 Å². The van der Waals surface area contributed by atoms with Crippen LogP contribution in [0.5, 0.6) is 0 Å². The van der Waals surface area contributed by atoms with Crippen LogP contribution in [0.15, 0.2) is 17.5 Å². The maximum atomic E-state index is 6.36. The molecule has 0 amide bonds. The molecule has 0 aliphatic heterocycles. The third kappa shape index (κ3) is 1.88. The fourth-order valence-electron chi connectivity index (χ4n) is 2.29. The SMILES string of the molecule is Cc1sc2nc(C(C)(C)C)c(N)n2c1-c1cccs1. The summed E-state index contributed by atoms with van der Waals surface area (Å²) in [5.41, 5.74) is 8.50. The number of nitrogens with zero attached hydrogens (tertiary/aromatic N) is 2. The van der Waals surface area contributed by atoms with E-state index in [4.69, 9.17) is 10.7 Å². The zero-order valence-corrected chi connectivity index (χ0v) is 13.2. The summed E-state index contributed by atoms with van der Waals surface area (Å²) in [7, 11) is 0. The number of nitrogens with two attached hydrogens (primary N) is 1. The van der Waals surface area contributed by atoms with Gasteiger partial charge in [0.1, 0.15) is 5.82 Å². The lowest BCUT2D eigenvalue weighted by molar-refractivity contribution is 0.576. The molecule has 3 rings (SSSR count). The van der Waals surface area contributed by atoms with E-state index in [-0.39, 0.29) is 5.41 Å². The van der Waals surface area contributed by atoms with Crippen LogP contribution in [0.1, 0.15) is 31.3 Å². The molecule has 3 aromatic rings. The number of fused-ring (bicyclic) bond motifs is 1. The number of thiophene rings is 1. The van der Waals surface area contributed by atoms with Crippen LogP contribution in [-0.2, 0) is 5.41 Å². The zero-order valence-electron chi connectivity index (χ0n) is 11.5. The minimum absolute atomic E-state index is 0.0313. The summed E-state index contributed by atoms with van der Waals surface area (Å²) in [6, 6.07) is 4.20. The standard InChI is InChI=1S/C14H17N3S2/c1-8-10(9-6-5-7-18-9)17-12(15)11(14(2,3)4)16-13(17)19-8/h5-7H,15H2,1-4H3. The average Bonchev–Trinajstić information content (AvgIpc) is 2.95. The third-order valence-corrected chi connectivity index (χ3v) is 4.98. The highest BCUT2D eigenvalue weighted by Gasteiger charge is 2.25. The first kappa shape index (κ1) is 12.7. The third-order valence-electron chi connectivity index (χ3n) is 3.15. The molecule has 0 saturated carbocycles. The summed E-state index contributed by atoms with van der Waals surface area (Å²) in [6.45, 7) is 8.57. The first-order valence-corrected chi connectivity index (χ1v) is 7.91. The van der Waals surface area contributed by atoms with Crippen LogP contribution in [0, 0.1) is 6.92 Å². The highest BCUT2D eigenvalue weighted by Crippen LogP contribution is 2.38. The largest absolute Gasteiger partial charge is 0.383 e. The summed E-state index contributed by atoms with van der Waals surface area (Å²) in [4.78, 5) is 8.23. The topological polar surface area (TPSA) is 43.3 Å². The Morgan fingerprint density at radius 3 is 2.63 bits per heavy atom. The van der Waals surface area contributed by atoms with Crippen LogP contribution in [-0.4, -0.2) is 9.38 Å². The van der Waals surface area contributed by atoms with Crippen LogP contribution >= 0.6 is 22.7 Å². The molecule has 0 radical (unpaired) electrons. The van der Waals surface area contributed by atoms with Gasteiger partial charge in [0.25, 0.3) is 0 Å². The van der Waals surface area contributed by atoms with Gasteiger partial charge in [-0.05, 0) is 18.4 Å². The van der Waals surface area contributed by atoms with Crippen LogP contribution in [0.4, 0.5) is 5.82 Å². The van der Waals surface area contributed by atoms with Gasteiger partial charge >= 0.3 is 0 Å². The Morgan fingerprint density at radius 1 is 1.32 bits per heavy atom. The van der Waals surface area contributed by atoms with Gasteiger partial charge in [0.2, 0.25) is 0 Å². The number of hydrogen-bond donors (Lipinski definition) is 1. The summed E-state index contributed by atoms with van der Waals surface area (Å²) >= 11 is 3.44. The Morgan fingerprint density at radius 2 is 2.05 bits per heavy atom. The normalized spacial score (nSPS) is 12.4. The molecule has 0 unspecified atom stereocenters. The van der Waals surface area contributed by atoms with Gasteiger partial charge in [0.15, 0.2) is 4.96 Å². The van der Waals surface area contributed by atoms with Crippen LogP contribution in [0.3, 0.4) is 0 Å². The van der Waals surface area contributed by atoms with Crippen molar-refractivity contribution in [2.45, 2.75) is 33.1 Å². The van der Waals surface area contributed by atoms with Gasteiger partial charge in [-0.2, -0.15) is 0 Å². The molecule has 0 saturated heterocycles. The molecule has 2 N–H and O–H groups in total. The molecule has 5 heteroatoms. The van der Waals surface area contributed by atoms with E-state index < -0.39 is 0 Å². The minimum atomic E-state index is -0.0313. The molecule has 0 aromatic carbocycles. The molecule has 0 fully saturated rings. The molecular formula is C14H17N3S2. The van der Waals surface area contributed by atoms with Crippen molar-refractivity contribution in [1.29, 1.82) is 0 Å². The zero-order chi connectivity index (χ0) is 13.8. The second-order valence-corrected chi connectivity index (χ2v) is 7.83. The molecule has 0 aliphatic rings. The smallest absolute Gasteiger partial charge is 0.196 e. The first-order valence-electron chi connectivity index (χ1n) is 6.21. The molecule has 100 valence electrons. The molecule has 0 spiro atoms. The summed E-state index contributed by atoms with van der Waals surface area (Å²) < 4.78 is 2.10. The summed E-state index contributed by atoms with van der Waals surface area (Å²) in [5.74, 6) is 0.773. The number of rotatable bonds is 1. The number of imidazole rings is 1. The van der Waals surface area contributed by atoms with Gasteiger partial charge in [0.05, 0.1) is 16.3 Å². The Balaban J connectivity index is 2.34. The Bertz CT molecular complexity index is 727. The quantitative estimate of drug-likeness (QED) is 0.726. The predicted octanol–water partition coefficient (Wildman–Crippen LogP) is 4.31. The lowest BCUT2D eigenvalue weighted by atomic mass is 9.92. The van der Waals surface area contributed by atoms with Crippen molar-refractivity contribution < 1.29 is 0 Å². The molecule has 3 heterocycles. The molecule has 19 heavy (non-hydrogen) atoms. The van der Waals surface area contributed by atoms with Crippen LogP contribution in [0.2, 0.25) is 0 Å². The van der Waals surface area contributed by atoms with Crippen LogP contribution < -0.4 is 5.73 Å². The number of aryl methyl sites for hydroxylation is 1. The molecule has 0 aliphatic carbocycles. The maximum Gasteiger partial charge on any atom is 0.196 e. The van der Waals surface area contributed by atoms with Crippen LogP contribution in [0.25, 0.3) is 15.5 Å². The van der Waals surface area contributed by atoms with Gasteiger partial charge in [-0.25, -0.2) is 4.98 Å². The van der Waals surface area contributed by atoms with E-state index >= 15 is 0 Å². The molecule has 0 bridgehead atoms. The van der Waals surface area contributed by atoms with Crippen molar-refractivity contribution in [3.05, 3.63) is 28.1 Å². The predicted molar refractivity (Wildman–Crippen MR) is 84.2 cm³/mol. The van der Waals surface area contributed by atoms with Gasteiger partial charge < -0.3 is 5.73 Å². The van der Waals surface area contributed by atoms with Crippen molar-refractivity contribution in [1.82, 2.24) is 9.38 Å². The van der Waals surface area contributed by atoms with E-state index in [9.17, 15) is 0 Å². The Kier molecular flexibility index (Phi) is 2.73. The van der Waals surface area contributed by atoms with Crippen molar-refractivity contribution in [2.75, 3.05) is 5.73 Å². The number of thiazole rings is 1. The second-order valence-electron chi connectivity index (χ2n) is 5.70. The number of nitrogen functional groups attached to an aromatic ring is 1. The minimum Gasteiger partial charge on any atom is -0.383 e. The van der Waals surface area contributed by atoms with Crippen molar-refractivity contribution in [3.63, 3.8) is 0 Å². The fraction of sp³-hybridized carbons (Fsp3) is 0.357. The highest BCUT2D eigenvalue weighted by molar-refractivity contribution is 7.18. The van der Waals surface area contributed by atoms with Gasteiger partial charge in [-0.1, -0.05) is 26.8 Å². The summed E-state index contributed by atoms with van der Waals surface area (Å²) in [5, 5.41) is 2.09. The molecule has 3 aromatic heterocycles. The van der Waals surface area contributed by atoms with Crippen molar-refractivity contribution >= 4 is 33.5 Å². The van der Waals surface area contributed by atoms with Gasteiger partial charge in [-0.3, -0.25) is 4.40 Å². The average molecular weight is 291 g/mol. The lowest BCUT2D eigenvalue weighted by Crippen LogP contribution is -2.14. The van der Waals surface area contributed by atoms with E-state index in [0.29, 0.717) is 0 Å². The number of hydrogen-bond acceptors (Lipinski definition) is 4. The Hall–Kier alpha value is -1.33.